The van der Waals surface area contributed by atoms with Gasteiger partial charge in [0.25, 0.3) is 0 Å². The summed E-state index contributed by atoms with van der Waals surface area (Å²) < 4.78 is 1.29. The number of benzene rings is 1. The molecule has 0 aromatic heterocycles. The predicted octanol–water partition coefficient (Wildman–Crippen LogP) is 3.67. The molecule has 2 N–H and O–H groups in total. The molecule has 1 fully saturated rings. The van der Waals surface area contributed by atoms with Gasteiger partial charge in [0.2, 0.25) is 0 Å². The molecular formula is C17H27IN2. The highest BCUT2D eigenvalue weighted by molar-refractivity contribution is 14.1. The summed E-state index contributed by atoms with van der Waals surface area (Å²) in [5.41, 5.74) is 8.20. The normalized spacial score (nSPS) is 28.6. The van der Waals surface area contributed by atoms with E-state index in [0.29, 0.717) is 0 Å². The Morgan fingerprint density at radius 2 is 2.00 bits per heavy atom. The number of rotatable bonds is 4. The monoisotopic (exact) mass is 386 g/mol. The molecule has 0 heterocycles. The molecule has 0 saturated heterocycles. The largest absolute Gasteiger partial charge is 0.326 e. The summed E-state index contributed by atoms with van der Waals surface area (Å²) in [5, 5.41) is 0. The summed E-state index contributed by atoms with van der Waals surface area (Å²) in [4.78, 5) is 2.39. The van der Waals surface area contributed by atoms with E-state index in [4.69, 9.17) is 5.73 Å². The second-order valence-corrected chi connectivity index (χ2v) is 7.88. The van der Waals surface area contributed by atoms with Crippen LogP contribution in [-0.2, 0) is 6.42 Å². The summed E-state index contributed by atoms with van der Waals surface area (Å²) in [6.07, 6.45) is 6.09. The van der Waals surface area contributed by atoms with Gasteiger partial charge in [0.1, 0.15) is 0 Å². The number of hydrogen-bond acceptors (Lipinski definition) is 2. The van der Waals surface area contributed by atoms with Gasteiger partial charge in [-0.15, -0.1) is 0 Å². The first-order chi connectivity index (χ1) is 9.44. The molecule has 1 saturated carbocycles. The van der Waals surface area contributed by atoms with Crippen LogP contribution in [0.25, 0.3) is 0 Å². The van der Waals surface area contributed by atoms with E-state index in [9.17, 15) is 0 Å². The van der Waals surface area contributed by atoms with Crippen LogP contribution in [0.5, 0.6) is 0 Å². The van der Waals surface area contributed by atoms with Crippen LogP contribution in [0.1, 0.15) is 38.2 Å². The number of likely N-dealkylation sites (N-methyl/N-ethyl adjacent to an activating group) is 1. The summed E-state index contributed by atoms with van der Waals surface area (Å²) in [5.74, 6) is 0.786. The minimum atomic E-state index is 0.167. The zero-order valence-electron chi connectivity index (χ0n) is 12.9. The Morgan fingerprint density at radius 3 is 2.55 bits per heavy atom. The molecule has 1 aromatic carbocycles. The molecule has 1 aliphatic rings. The smallest absolute Gasteiger partial charge is 0.0360 e. The lowest BCUT2D eigenvalue weighted by Crippen LogP contribution is -2.60. The zero-order valence-corrected chi connectivity index (χ0v) is 15.1. The topological polar surface area (TPSA) is 29.3 Å². The van der Waals surface area contributed by atoms with Gasteiger partial charge < -0.3 is 10.6 Å². The Hall–Kier alpha value is -0.130. The third kappa shape index (κ3) is 3.55. The molecule has 20 heavy (non-hydrogen) atoms. The van der Waals surface area contributed by atoms with Crippen molar-refractivity contribution in [3.8, 4) is 0 Å². The first kappa shape index (κ1) is 16.2. The summed E-state index contributed by atoms with van der Waals surface area (Å²) in [7, 11) is 4.40. The van der Waals surface area contributed by atoms with Crippen LogP contribution >= 0.6 is 22.6 Å². The average Bonchev–Trinajstić information content (AvgIpc) is 2.41. The fourth-order valence-corrected chi connectivity index (χ4v) is 4.06. The van der Waals surface area contributed by atoms with E-state index in [1.807, 2.05) is 0 Å². The molecule has 3 heteroatoms. The molecule has 0 amide bonds. The number of halogens is 1. The fraction of sp³-hybridized carbons (Fsp3) is 0.647. The van der Waals surface area contributed by atoms with Crippen molar-refractivity contribution in [3.63, 3.8) is 0 Å². The highest BCUT2D eigenvalue weighted by Gasteiger charge is 2.41. The van der Waals surface area contributed by atoms with Gasteiger partial charge in [0.05, 0.1) is 0 Å². The Balaban J connectivity index is 2.14. The van der Waals surface area contributed by atoms with Crippen LogP contribution < -0.4 is 5.73 Å². The van der Waals surface area contributed by atoms with Crippen LogP contribution in [0.4, 0.5) is 0 Å². The summed E-state index contributed by atoms with van der Waals surface area (Å²) >= 11 is 2.35. The SMILES string of the molecule is CC1CCCC(C(N)Cc2ccc(I)cc2)(N(C)C)C1. The molecule has 1 aromatic rings. The maximum absolute atomic E-state index is 6.67. The highest BCUT2D eigenvalue weighted by Crippen LogP contribution is 2.38. The van der Waals surface area contributed by atoms with Gasteiger partial charge in [-0.2, -0.15) is 0 Å². The summed E-state index contributed by atoms with van der Waals surface area (Å²) in [6.45, 7) is 2.37. The molecule has 3 atom stereocenters. The third-order valence-corrected chi connectivity index (χ3v) is 5.68. The van der Waals surface area contributed by atoms with Crippen molar-refractivity contribution in [1.29, 1.82) is 0 Å². The van der Waals surface area contributed by atoms with Crippen LogP contribution in [0.3, 0.4) is 0 Å². The third-order valence-electron chi connectivity index (χ3n) is 4.96. The Bertz CT molecular complexity index is 429. The lowest BCUT2D eigenvalue weighted by atomic mass is 9.70. The van der Waals surface area contributed by atoms with E-state index in [-0.39, 0.29) is 11.6 Å². The lowest BCUT2D eigenvalue weighted by Gasteiger charge is -2.49. The molecule has 2 nitrogen and oxygen atoms in total. The molecule has 3 unspecified atom stereocenters. The maximum atomic E-state index is 6.67. The van der Waals surface area contributed by atoms with E-state index in [1.165, 1.54) is 34.8 Å². The molecule has 0 bridgehead atoms. The molecule has 112 valence electrons. The van der Waals surface area contributed by atoms with Gasteiger partial charge in [-0.25, -0.2) is 0 Å². The van der Waals surface area contributed by atoms with Gasteiger partial charge in [0, 0.05) is 15.2 Å². The first-order valence-corrected chi connectivity index (χ1v) is 8.69. The molecule has 0 spiro atoms. The van der Waals surface area contributed by atoms with E-state index >= 15 is 0 Å². The van der Waals surface area contributed by atoms with Crippen molar-refractivity contribution in [3.05, 3.63) is 33.4 Å². The number of hydrogen-bond donors (Lipinski definition) is 1. The van der Waals surface area contributed by atoms with Crippen LogP contribution in [-0.4, -0.2) is 30.6 Å². The standard InChI is InChI=1S/C17H27IN2/c1-13-5-4-10-17(12-13,20(2)3)16(19)11-14-6-8-15(18)9-7-14/h6-9,13,16H,4-5,10-12,19H2,1-3H3. The van der Waals surface area contributed by atoms with E-state index in [1.54, 1.807) is 0 Å². The minimum Gasteiger partial charge on any atom is -0.326 e. The maximum Gasteiger partial charge on any atom is 0.0360 e. The van der Waals surface area contributed by atoms with Gasteiger partial charge in [-0.1, -0.05) is 31.9 Å². The van der Waals surface area contributed by atoms with Crippen LogP contribution in [0, 0.1) is 9.49 Å². The predicted molar refractivity (Wildman–Crippen MR) is 94.9 cm³/mol. The average molecular weight is 386 g/mol. The first-order valence-electron chi connectivity index (χ1n) is 7.61. The molecule has 0 aliphatic heterocycles. The van der Waals surface area contributed by atoms with Gasteiger partial charge in [-0.3, -0.25) is 0 Å². The van der Waals surface area contributed by atoms with Gasteiger partial charge in [-0.05, 0) is 79.6 Å². The number of nitrogens with zero attached hydrogens (tertiary/aromatic N) is 1. The van der Waals surface area contributed by atoms with Gasteiger partial charge in [0.15, 0.2) is 0 Å². The van der Waals surface area contributed by atoms with Gasteiger partial charge >= 0.3 is 0 Å². The second-order valence-electron chi connectivity index (χ2n) is 6.64. The van der Waals surface area contributed by atoms with E-state index in [0.717, 1.165) is 12.3 Å². The Labute approximate surface area is 137 Å². The summed E-state index contributed by atoms with van der Waals surface area (Å²) in [6, 6.07) is 9.00. The molecular weight excluding hydrogens is 359 g/mol. The second kappa shape index (κ2) is 6.75. The Morgan fingerprint density at radius 1 is 1.35 bits per heavy atom. The number of nitrogens with two attached hydrogens (primary N) is 1. The molecule has 0 radical (unpaired) electrons. The van der Waals surface area contributed by atoms with Crippen molar-refractivity contribution in [1.82, 2.24) is 4.90 Å². The van der Waals surface area contributed by atoms with Crippen molar-refractivity contribution in [2.45, 2.75) is 50.6 Å². The van der Waals surface area contributed by atoms with Crippen LogP contribution in [0.15, 0.2) is 24.3 Å². The lowest BCUT2D eigenvalue weighted by molar-refractivity contribution is 0.0504. The zero-order chi connectivity index (χ0) is 14.8. The van der Waals surface area contributed by atoms with Crippen LogP contribution in [0.2, 0.25) is 0 Å². The quantitative estimate of drug-likeness (QED) is 0.801. The van der Waals surface area contributed by atoms with Crippen molar-refractivity contribution in [2.24, 2.45) is 11.7 Å². The van der Waals surface area contributed by atoms with Crippen molar-refractivity contribution < 1.29 is 0 Å². The van der Waals surface area contributed by atoms with E-state index in [2.05, 4.69) is 72.8 Å². The fourth-order valence-electron chi connectivity index (χ4n) is 3.70. The molecule has 1 aliphatic carbocycles. The van der Waals surface area contributed by atoms with Crippen molar-refractivity contribution in [2.75, 3.05) is 14.1 Å². The Kier molecular flexibility index (Phi) is 5.49. The highest BCUT2D eigenvalue weighted by atomic mass is 127. The van der Waals surface area contributed by atoms with Crippen molar-refractivity contribution >= 4 is 22.6 Å². The van der Waals surface area contributed by atoms with E-state index < -0.39 is 0 Å². The molecule has 2 rings (SSSR count). The minimum absolute atomic E-state index is 0.167.